The summed E-state index contributed by atoms with van der Waals surface area (Å²) < 4.78 is 10.5. The Morgan fingerprint density at radius 1 is 1.20 bits per heavy atom. The molecule has 0 saturated carbocycles. The number of ether oxygens (including phenoxy) is 1. The van der Waals surface area contributed by atoms with Gasteiger partial charge in [-0.2, -0.15) is 0 Å². The van der Waals surface area contributed by atoms with Crippen LogP contribution in [-0.2, 0) is 6.54 Å². The molecule has 1 N–H and O–H groups in total. The lowest BCUT2D eigenvalue weighted by Crippen LogP contribution is -2.24. The molecule has 0 aromatic carbocycles. The Hall–Kier alpha value is -3.22. The van der Waals surface area contributed by atoms with Crippen LogP contribution in [0.2, 0.25) is 0 Å². The largest absolute Gasteiger partial charge is 0.475 e. The second-order valence-corrected chi connectivity index (χ2v) is 5.60. The zero-order chi connectivity index (χ0) is 17.6. The minimum absolute atomic E-state index is 0.0326. The van der Waals surface area contributed by atoms with Crippen LogP contribution in [0, 0.1) is 0 Å². The zero-order valence-corrected chi connectivity index (χ0v) is 14.0. The number of nitrogens with one attached hydrogen (secondary N) is 1. The molecule has 3 aromatic heterocycles. The fourth-order valence-corrected chi connectivity index (χ4v) is 2.23. The molecule has 3 aromatic rings. The van der Waals surface area contributed by atoms with Gasteiger partial charge in [-0.25, -0.2) is 4.98 Å². The van der Waals surface area contributed by atoms with Gasteiger partial charge in [-0.15, -0.1) is 0 Å². The lowest BCUT2D eigenvalue weighted by molar-refractivity contribution is 0.0950. The first kappa shape index (κ1) is 16.6. The molecule has 7 heteroatoms. The SMILES string of the molecule is CC(C)Oc1ccc(C(=O)NCc2nccnc2-c2ccoc2)cn1. The summed E-state index contributed by atoms with van der Waals surface area (Å²) in [5.74, 6) is 0.245. The Morgan fingerprint density at radius 2 is 2.04 bits per heavy atom. The monoisotopic (exact) mass is 338 g/mol. The molecule has 0 aliphatic heterocycles. The molecule has 0 aliphatic carbocycles. The van der Waals surface area contributed by atoms with Crippen LogP contribution in [0.15, 0.2) is 53.7 Å². The van der Waals surface area contributed by atoms with Gasteiger partial charge in [0.25, 0.3) is 5.91 Å². The van der Waals surface area contributed by atoms with Gasteiger partial charge in [0.1, 0.15) is 0 Å². The molecule has 0 bridgehead atoms. The highest BCUT2D eigenvalue weighted by Crippen LogP contribution is 2.19. The van der Waals surface area contributed by atoms with Crippen LogP contribution in [0.3, 0.4) is 0 Å². The van der Waals surface area contributed by atoms with Crippen molar-refractivity contribution < 1.29 is 13.9 Å². The third-order valence-corrected chi connectivity index (χ3v) is 3.34. The first-order chi connectivity index (χ1) is 12.1. The van der Waals surface area contributed by atoms with Crippen LogP contribution in [0.4, 0.5) is 0 Å². The van der Waals surface area contributed by atoms with E-state index in [1.54, 1.807) is 43.1 Å². The molecule has 0 spiro atoms. The Bertz CT molecular complexity index is 830. The molecule has 1 amide bonds. The number of hydrogen-bond acceptors (Lipinski definition) is 6. The predicted octanol–water partition coefficient (Wildman–Crippen LogP) is 2.85. The Balaban J connectivity index is 1.67. The summed E-state index contributed by atoms with van der Waals surface area (Å²) in [6.45, 7) is 4.08. The number of nitrogens with zero attached hydrogens (tertiary/aromatic N) is 3. The standard InChI is InChI=1S/C18H18N4O3/c1-12(2)25-16-4-3-13(9-21-16)18(23)22-10-15-17(20-7-6-19-15)14-5-8-24-11-14/h3-9,11-12H,10H2,1-2H3,(H,22,23). The highest BCUT2D eigenvalue weighted by molar-refractivity contribution is 5.93. The maximum absolute atomic E-state index is 12.3. The summed E-state index contributed by atoms with van der Waals surface area (Å²) >= 11 is 0. The zero-order valence-electron chi connectivity index (χ0n) is 14.0. The molecule has 0 fully saturated rings. The van der Waals surface area contributed by atoms with Crippen LogP contribution in [0.25, 0.3) is 11.3 Å². The van der Waals surface area contributed by atoms with Crippen molar-refractivity contribution in [3.63, 3.8) is 0 Å². The van der Waals surface area contributed by atoms with Gasteiger partial charge in [-0.1, -0.05) is 0 Å². The van der Waals surface area contributed by atoms with E-state index in [9.17, 15) is 4.79 Å². The summed E-state index contributed by atoms with van der Waals surface area (Å²) in [6, 6.07) is 5.15. The third kappa shape index (κ3) is 4.20. The maximum Gasteiger partial charge on any atom is 0.253 e. The second kappa shape index (κ2) is 7.57. The van der Waals surface area contributed by atoms with Gasteiger partial charge < -0.3 is 14.5 Å². The number of furan rings is 1. The first-order valence-corrected chi connectivity index (χ1v) is 7.87. The van der Waals surface area contributed by atoms with Crippen molar-refractivity contribution in [2.24, 2.45) is 0 Å². The van der Waals surface area contributed by atoms with Crippen LogP contribution in [0.1, 0.15) is 29.9 Å². The normalized spacial score (nSPS) is 10.7. The Labute approximate surface area is 145 Å². The molecular weight excluding hydrogens is 320 g/mol. The summed E-state index contributed by atoms with van der Waals surface area (Å²) in [4.78, 5) is 25.0. The van der Waals surface area contributed by atoms with E-state index in [1.807, 2.05) is 13.8 Å². The topological polar surface area (TPSA) is 90.1 Å². The number of hydrogen-bond donors (Lipinski definition) is 1. The van der Waals surface area contributed by atoms with Crippen molar-refractivity contribution in [1.29, 1.82) is 0 Å². The minimum atomic E-state index is -0.243. The summed E-state index contributed by atoms with van der Waals surface area (Å²) in [5.41, 5.74) is 2.60. The van der Waals surface area contributed by atoms with Crippen molar-refractivity contribution in [3.05, 3.63) is 60.6 Å². The van der Waals surface area contributed by atoms with E-state index in [1.165, 1.54) is 6.20 Å². The molecule has 0 aliphatic rings. The average Bonchev–Trinajstić information content (AvgIpc) is 3.14. The fraction of sp³-hybridized carbons (Fsp3) is 0.222. The van der Waals surface area contributed by atoms with E-state index in [0.29, 0.717) is 22.8 Å². The van der Waals surface area contributed by atoms with E-state index < -0.39 is 0 Å². The lowest BCUT2D eigenvalue weighted by Gasteiger charge is -2.10. The number of aromatic nitrogens is 3. The van der Waals surface area contributed by atoms with E-state index in [2.05, 4.69) is 20.3 Å². The number of rotatable bonds is 6. The van der Waals surface area contributed by atoms with Crippen molar-refractivity contribution in [3.8, 4) is 17.1 Å². The molecule has 7 nitrogen and oxygen atoms in total. The van der Waals surface area contributed by atoms with E-state index in [4.69, 9.17) is 9.15 Å². The first-order valence-electron chi connectivity index (χ1n) is 7.87. The lowest BCUT2D eigenvalue weighted by atomic mass is 10.2. The van der Waals surface area contributed by atoms with Gasteiger partial charge >= 0.3 is 0 Å². The average molecular weight is 338 g/mol. The minimum Gasteiger partial charge on any atom is -0.475 e. The Morgan fingerprint density at radius 3 is 2.72 bits per heavy atom. The molecular formula is C18H18N4O3. The predicted molar refractivity (Wildman–Crippen MR) is 90.9 cm³/mol. The van der Waals surface area contributed by atoms with Gasteiger partial charge in [0.05, 0.1) is 42.1 Å². The molecule has 128 valence electrons. The smallest absolute Gasteiger partial charge is 0.253 e. The van der Waals surface area contributed by atoms with E-state index in [-0.39, 0.29) is 18.6 Å². The quantitative estimate of drug-likeness (QED) is 0.743. The number of carbonyl (C=O) groups excluding carboxylic acids is 1. The molecule has 0 unspecified atom stereocenters. The van der Waals surface area contributed by atoms with Gasteiger partial charge in [0.15, 0.2) is 0 Å². The summed E-state index contributed by atoms with van der Waals surface area (Å²) in [5, 5.41) is 2.82. The number of carbonyl (C=O) groups is 1. The van der Waals surface area contributed by atoms with E-state index in [0.717, 1.165) is 5.56 Å². The fourth-order valence-electron chi connectivity index (χ4n) is 2.23. The highest BCUT2D eigenvalue weighted by atomic mass is 16.5. The molecule has 0 saturated heterocycles. The van der Waals surface area contributed by atoms with Crippen molar-refractivity contribution >= 4 is 5.91 Å². The third-order valence-electron chi connectivity index (χ3n) is 3.34. The van der Waals surface area contributed by atoms with Crippen LogP contribution in [-0.4, -0.2) is 27.0 Å². The Kier molecular flexibility index (Phi) is 5.03. The summed E-state index contributed by atoms with van der Waals surface area (Å²) in [6.07, 6.45) is 7.87. The van der Waals surface area contributed by atoms with Crippen molar-refractivity contribution in [1.82, 2.24) is 20.3 Å². The number of pyridine rings is 1. The molecule has 3 rings (SSSR count). The molecule has 3 heterocycles. The maximum atomic E-state index is 12.3. The van der Waals surface area contributed by atoms with Crippen LogP contribution in [0.5, 0.6) is 5.88 Å². The van der Waals surface area contributed by atoms with Gasteiger partial charge in [-0.3, -0.25) is 14.8 Å². The van der Waals surface area contributed by atoms with Crippen molar-refractivity contribution in [2.75, 3.05) is 0 Å². The van der Waals surface area contributed by atoms with Crippen LogP contribution < -0.4 is 10.1 Å². The van der Waals surface area contributed by atoms with Gasteiger partial charge in [0, 0.05) is 30.2 Å². The van der Waals surface area contributed by atoms with Crippen molar-refractivity contribution in [2.45, 2.75) is 26.5 Å². The molecule has 25 heavy (non-hydrogen) atoms. The van der Waals surface area contributed by atoms with E-state index >= 15 is 0 Å². The molecule has 0 radical (unpaired) electrons. The summed E-state index contributed by atoms with van der Waals surface area (Å²) in [7, 11) is 0. The number of amides is 1. The van der Waals surface area contributed by atoms with Crippen LogP contribution >= 0.6 is 0 Å². The second-order valence-electron chi connectivity index (χ2n) is 5.60. The highest BCUT2D eigenvalue weighted by Gasteiger charge is 2.12. The van der Waals surface area contributed by atoms with Gasteiger partial charge in [0.2, 0.25) is 5.88 Å². The molecule has 0 atom stereocenters. The van der Waals surface area contributed by atoms with Gasteiger partial charge in [-0.05, 0) is 26.0 Å².